The van der Waals surface area contributed by atoms with Gasteiger partial charge < -0.3 is 5.32 Å². The molecule has 0 aromatic carbocycles. The van der Waals surface area contributed by atoms with E-state index in [2.05, 4.69) is 22.2 Å². The van der Waals surface area contributed by atoms with Crippen LogP contribution < -0.4 is 5.32 Å². The number of nitrogens with one attached hydrogen (secondary N) is 1. The molecule has 1 aliphatic heterocycles. The molecule has 2 heterocycles. The van der Waals surface area contributed by atoms with Crippen LogP contribution in [-0.2, 0) is 0 Å². The Balaban J connectivity index is 2.11. The number of nitrogens with zero attached hydrogens (tertiary/aromatic N) is 2. The molecule has 2 rings (SSSR count). The van der Waals surface area contributed by atoms with Gasteiger partial charge >= 0.3 is 0 Å². The second-order valence-corrected chi connectivity index (χ2v) is 4.02. The van der Waals surface area contributed by atoms with Crippen molar-refractivity contribution in [3.63, 3.8) is 0 Å². The topological polar surface area (TPSA) is 28.2 Å². The molecule has 12 heavy (non-hydrogen) atoms. The number of piperazine rings is 1. The van der Waals surface area contributed by atoms with Crippen LogP contribution in [-0.4, -0.2) is 36.6 Å². The summed E-state index contributed by atoms with van der Waals surface area (Å²) < 4.78 is 0. The van der Waals surface area contributed by atoms with Crippen LogP contribution in [0.4, 0.5) is 0 Å². The van der Waals surface area contributed by atoms with Crippen LogP contribution in [0.5, 0.6) is 0 Å². The smallest absolute Gasteiger partial charge is 0.0794 e. The lowest BCUT2D eigenvalue weighted by molar-refractivity contribution is 0.205. The Morgan fingerprint density at radius 1 is 1.75 bits per heavy atom. The normalized spacial score (nSPS) is 25.9. The molecule has 1 atom stereocenters. The van der Waals surface area contributed by atoms with Crippen molar-refractivity contribution in [1.82, 2.24) is 15.2 Å². The number of hydrogen-bond acceptors (Lipinski definition) is 4. The Kier molecular flexibility index (Phi) is 2.39. The summed E-state index contributed by atoms with van der Waals surface area (Å²) in [6.07, 6.45) is 1.97. The lowest BCUT2D eigenvalue weighted by Gasteiger charge is -2.31. The third-order valence-electron chi connectivity index (χ3n) is 2.29. The van der Waals surface area contributed by atoms with E-state index in [9.17, 15) is 0 Å². The van der Waals surface area contributed by atoms with E-state index in [-0.39, 0.29) is 0 Å². The molecule has 1 fully saturated rings. The van der Waals surface area contributed by atoms with Gasteiger partial charge in [-0.2, -0.15) is 0 Å². The monoisotopic (exact) mass is 183 g/mol. The molecule has 1 aliphatic rings. The third kappa shape index (κ3) is 1.50. The molecule has 66 valence electrons. The van der Waals surface area contributed by atoms with E-state index in [1.165, 1.54) is 4.88 Å². The van der Waals surface area contributed by atoms with Crippen LogP contribution in [0.25, 0.3) is 0 Å². The van der Waals surface area contributed by atoms with Crippen molar-refractivity contribution in [2.24, 2.45) is 0 Å². The first-order valence-corrected chi connectivity index (χ1v) is 5.05. The Hall–Kier alpha value is -0.450. The van der Waals surface area contributed by atoms with E-state index >= 15 is 0 Å². The van der Waals surface area contributed by atoms with Gasteiger partial charge in [0, 0.05) is 30.7 Å². The van der Waals surface area contributed by atoms with Crippen molar-refractivity contribution < 1.29 is 0 Å². The molecule has 1 aromatic rings. The fourth-order valence-electron chi connectivity index (χ4n) is 1.51. The summed E-state index contributed by atoms with van der Waals surface area (Å²) in [5, 5.41) is 3.39. The summed E-state index contributed by atoms with van der Waals surface area (Å²) in [6.45, 7) is 3.28. The van der Waals surface area contributed by atoms with Crippen LogP contribution in [0, 0.1) is 0 Å². The van der Waals surface area contributed by atoms with Crippen LogP contribution in [0.3, 0.4) is 0 Å². The summed E-state index contributed by atoms with van der Waals surface area (Å²) in [6, 6.07) is 0.534. The number of rotatable bonds is 1. The first-order valence-electron chi connectivity index (χ1n) is 4.17. The number of thiazole rings is 1. The highest BCUT2D eigenvalue weighted by Crippen LogP contribution is 2.23. The first kappa shape index (κ1) is 8.16. The molecule has 1 N–H and O–H groups in total. The number of hydrogen-bond donors (Lipinski definition) is 1. The molecular weight excluding hydrogens is 170 g/mol. The molecule has 1 saturated heterocycles. The van der Waals surface area contributed by atoms with E-state index in [1.54, 1.807) is 11.3 Å². The zero-order chi connectivity index (χ0) is 8.39. The lowest BCUT2D eigenvalue weighted by Crippen LogP contribution is -2.43. The van der Waals surface area contributed by atoms with Gasteiger partial charge in [-0.25, -0.2) is 0 Å². The predicted molar refractivity (Wildman–Crippen MR) is 50.4 cm³/mol. The number of likely N-dealkylation sites (N-methyl/N-ethyl adjacent to an activating group) is 1. The van der Waals surface area contributed by atoms with Gasteiger partial charge in [0.05, 0.1) is 11.6 Å². The van der Waals surface area contributed by atoms with Crippen LogP contribution in [0.1, 0.15) is 10.9 Å². The van der Waals surface area contributed by atoms with Gasteiger partial charge in [0.2, 0.25) is 0 Å². The molecule has 0 amide bonds. The molecule has 0 saturated carbocycles. The molecule has 4 heteroatoms. The van der Waals surface area contributed by atoms with E-state index in [4.69, 9.17) is 0 Å². The molecule has 0 aliphatic carbocycles. The molecular formula is C8H13N3S. The van der Waals surface area contributed by atoms with Crippen molar-refractivity contribution >= 4 is 11.3 Å². The Morgan fingerprint density at radius 2 is 2.67 bits per heavy atom. The largest absolute Gasteiger partial charge is 0.314 e. The fraction of sp³-hybridized carbons (Fsp3) is 0.625. The van der Waals surface area contributed by atoms with Gasteiger partial charge in [0.15, 0.2) is 0 Å². The summed E-state index contributed by atoms with van der Waals surface area (Å²) in [7, 11) is 2.17. The van der Waals surface area contributed by atoms with Gasteiger partial charge in [0.25, 0.3) is 0 Å². The third-order valence-corrected chi connectivity index (χ3v) is 3.17. The SMILES string of the molecule is CN1CCNCC1c1cncs1. The maximum Gasteiger partial charge on any atom is 0.0794 e. The average molecular weight is 183 g/mol. The molecule has 1 aromatic heterocycles. The van der Waals surface area contributed by atoms with E-state index in [0.717, 1.165) is 19.6 Å². The fourth-order valence-corrected chi connectivity index (χ4v) is 2.30. The van der Waals surface area contributed by atoms with Gasteiger partial charge in [-0.15, -0.1) is 11.3 Å². The summed E-state index contributed by atoms with van der Waals surface area (Å²) in [5.41, 5.74) is 1.90. The zero-order valence-electron chi connectivity index (χ0n) is 7.16. The van der Waals surface area contributed by atoms with Crippen molar-refractivity contribution in [2.75, 3.05) is 26.7 Å². The first-order chi connectivity index (χ1) is 5.88. The molecule has 0 radical (unpaired) electrons. The summed E-state index contributed by atoms with van der Waals surface area (Å²) >= 11 is 1.74. The van der Waals surface area contributed by atoms with Crippen LogP contribution in [0.2, 0.25) is 0 Å². The maximum absolute atomic E-state index is 4.10. The minimum atomic E-state index is 0.534. The van der Waals surface area contributed by atoms with E-state index < -0.39 is 0 Å². The second-order valence-electron chi connectivity index (χ2n) is 3.10. The minimum Gasteiger partial charge on any atom is -0.314 e. The maximum atomic E-state index is 4.10. The Labute approximate surface area is 76.4 Å². The molecule has 1 unspecified atom stereocenters. The van der Waals surface area contributed by atoms with Gasteiger partial charge in [-0.3, -0.25) is 9.88 Å². The summed E-state index contributed by atoms with van der Waals surface area (Å²) in [4.78, 5) is 7.84. The Bertz CT molecular complexity index is 234. The van der Waals surface area contributed by atoms with E-state index in [1.807, 2.05) is 11.7 Å². The highest BCUT2D eigenvalue weighted by Gasteiger charge is 2.20. The molecule has 0 spiro atoms. The standard InChI is InChI=1S/C8H13N3S/c1-11-3-2-9-4-7(11)8-5-10-6-12-8/h5-7,9H,2-4H2,1H3. The zero-order valence-corrected chi connectivity index (χ0v) is 7.97. The summed E-state index contributed by atoms with van der Waals surface area (Å²) in [5.74, 6) is 0. The van der Waals surface area contributed by atoms with Crippen molar-refractivity contribution in [2.45, 2.75) is 6.04 Å². The minimum absolute atomic E-state index is 0.534. The average Bonchev–Trinajstić information content (AvgIpc) is 2.57. The highest BCUT2D eigenvalue weighted by atomic mass is 32.1. The highest BCUT2D eigenvalue weighted by molar-refractivity contribution is 7.09. The predicted octanol–water partition coefficient (Wildman–Crippen LogP) is 0.719. The second kappa shape index (κ2) is 3.51. The number of aromatic nitrogens is 1. The van der Waals surface area contributed by atoms with Crippen molar-refractivity contribution in [1.29, 1.82) is 0 Å². The van der Waals surface area contributed by atoms with Gasteiger partial charge in [-0.05, 0) is 7.05 Å². The Morgan fingerprint density at radius 3 is 3.33 bits per heavy atom. The van der Waals surface area contributed by atoms with Crippen molar-refractivity contribution in [3.05, 3.63) is 16.6 Å². The lowest BCUT2D eigenvalue weighted by atomic mass is 10.2. The van der Waals surface area contributed by atoms with E-state index in [0.29, 0.717) is 6.04 Å². The van der Waals surface area contributed by atoms with Crippen LogP contribution >= 0.6 is 11.3 Å². The molecule has 3 nitrogen and oxygen atoms in total. The van der Waals surface area contributed by atoms with Crippen molar-refractivity contribution in [3.8, 4) is 0 Å². The van der Waals surface area contributed by atoms with Gasteiger partial charge in [-0.1, -0.05) is 0 Å². The van der Waals surface area contributed by atoms with Gasteiger partial charge in [0.1, 0.15) is 0 Å². The van der Waals surface area contributed by atoms with Crippen LogP contribution in [0.15, 0.2) is 11.7 Å². The quantitative estimate of drug-likeness (QED) is 0.695. The molecule has 0 bridgehead atoms.